The van der Waals surface area contributed by atoms with Crippen molar-refractivity contribution < 1.29 is 13.2 Å². The molecule has 148 valence electrons. The van der Waals surface area contributed by atoms with Gasteiger partial charge in [0.25, 0.3) is 5.91 Å². The summed E-state index contributed by atoms with van der Waals surface area (Å²) in [4.78, 5) is 17.3. The number of hydrogen-bond donors (Lipinski definition) is 1. The van der Waals surface area contributed by atoms with Crippen LogP contribution in [-0.4, -0.2) is 36.7 Å². The fourth-order valence-corrected chi connectivity index (χ4v) is 5.65. The van der Waals surface area contributed by atoms with Crippen LogP contribution in [0.5, 0.6) is 0 Å². The van der Waals surface area contributed by atoms with Crippen LogP contribution in [0, 0.1) is 13.8 Å². The van der Waals surface area contributed by atoms with Gasteiger partial charge in [-0.05, 0) is 49.2 Å². The van der Waals surface area contributed by atoms with E-state index in [0.717, 1.165) is 21.3 Å². The summed E-state index contributed by atoms with van der Waals surface area (Å²) >= 11 is 1.40. The van der Waals surface area contributed by atoms with Gasteiger partial charge >= 0.3 is 0 Å². The van der Waals surface area contributed by atoms with Crippen molar-refractivity contribution in [2.45, 2.75) is 32.6 Å². The summed E-state index contributed by atoms with van der Waals surface area (Å²) in [5, 5.41) is 3.28. The second-order valence-electron chi connectivity index (χ2n) is 6.52. The monoisotopic (exact) mass is 417 g/mol. The van der Waals surface area contributed by atoms with E-state index in [9.17, 15) is 13.2 Å². The Balaban J connectivity index is 1.89. The number of benzene rings is 2. The minimum atomic E-state index is -3.62. The molecule has 1 heterocycles. The van der Waals surface area contributed by atoms with E-state index in [0.29, 0.717) is 18.2 Å². The summed E-state index contributed by atoms with van der Waals surface area (Å²) in [6.45, 7) is 8.33. The molecule has 3 rings (SSSR count). The molecular weight excluding hydrogens is 394 g/mol. The number of nitrogens with zero attached hydrogens (tertiary/aromatic N) is 2. The van der Waals surface area contributed by atoms with Crippen molar-refractivity contribution >= 4 is 42.6 Å². The standard InChI is InChI=1S/C20H23N3O3S2/c1-5-23(6-2)28(25,26)16-9-7-8-15(12-16)19(24)22-20-21-18-14(4)10-13(3)11-17(18)27-20/h7-12H,5-6H2,1-4H3,(H,21,22,24). The molecule has 1 amide bonds. The van der Waals surface area contributed by atoms with Gasteiger partial charge in [0.05, 0.1) is 15.1 Å². The van der Waals surface area contributed by atoms with E-state index in [2.05, 4.69) is 16.4 Å². The van der Waals surface area contributed by atoms with Crippen molar-refractivity contribution in [3.8, 4) is 0 Å². The van der Waals surface area contributed by atoms with Crippen molar-refractivity contribution in [2.75, 3.05) is 18.4 Å². The molecule has 0 radical (unpaired) electrons. The first kappa shape index (κ1) is 20.4. The largest absolute Gasteiger partial charge is 0.298 e. The maximum atomic E-state index is 12.7. The second-order valence-corrected chi connectivity index (χ2v) is 9.49. The number of sulfonamides is 1. The second kappa shape index (κ2) is 7.98. The highest BCUT2D eigenvalue weighted by atomic mass is 32.2. The third-order valence-electron chi connectivity index (χ3n) is 4.49. The topological polar surface area (TPSA) is 79.4 Å². The highest BCUT2D eigenvalue weighted by Gasteiger charge is 2.22. The summed E-state index contributed by atoms with van der Waals surface area (Å²) in [6, 6.07) is 10.2. The molecule has 6 nitrogen and oxygen atoms in total. The van der Waals surface area contributed by atoms with Gasteiger partial charge in [0, 0.05) is 18.7 Å². The fourth-order valence-electron chi connectivity index (χ4n) is 3.10. The Morgan fingerprint density at radius 3 is 2.54 bits per heavy atom. The molecule has 0 saturated carbocycles. The number of hydrogen-bond acceptors (Lipinski definition) is 5. The molecule has 0 bridgehead atoms. The number of rotatable bonds is 6. The lowest BCUT2D eigenvalue weighted by atomic mass is 10.1. The zero-order chi connectivity index (χ0) is 20.5. The van der Waals surface area contributed by atoms with Crippen molar-refractivity contribution in [1.82, 2.24) is 9.29 Å². The minimum Gasteiger partial charge on any atom is -0.298 e. The number of carbonyl (C=O) groups excluding carboxylic acids is 1. The Bertz CT molecular complexity index is 1130. The predicted molar refractivity (Wildman–Crippen MR) is 114 cm³/mol. The van der Waals surface area contributed by atoms with Crippen LogP contribution in [0.4, 0.5) is 5.13 Å². The van der Waals surface area contributed by atoms with Gasteiger partial charge in [0.15, 0.2) is 5.13 Å². The lowest BCUT2D eigenvalue weighted by Crippen LogP contribution is -2.30. The molecule has 0 unspecified atom stereocenters. The quantitative estimate of drug-likeness (QED) is 0.652. The van der Waals surface area contributed by atoms with Crippen LogP contribution in [0.3, 0.4) is 0 Å². The normalized spacial score (nSPS) is 11.9. The first-order valence-electron chi connectivity index (χ1n) is 9.05. The van der Waals surface area contributed by atoms with Crippen LogP contribution in [0.1, 0.15) is 35.3 Å². The van der Waals surface area contributed by atoms with E-state index in [1.165, 1.54) is 27.8 Å². The van der Waals surface area contributed by atoms with Crippen LogP contribution < -0.4 is 5.32 Å². The number of thiazole rings is 1. The van der Waals surface area contributed by atoms with E-state index < -0.39 is 10.0 Å². The van der Waals surface area contributed by atoms with Crippen LogP contribution >= 0.6 is 11.3 Å². The molecular formula is C20H23N3O3S2. The molecule has 3 aromatic rings. The molecule has 0 spiro atoms. The van der Waals surface area contributed by atoms with Crippen LogP contribution in [0.15, 0.2) is 41.3 Å². The van der Waals surface area contributed by atoms with Crippen LogP contribution in [-0.2, 0) is 10.0 Å². The summed E-state index contributed by atoms with van der Waals surface area (Å²) in [7, 11) is -3.62. The van der Waals surface area contributed by atoms with Crippen LogP contribution in [0.25, 0.3) is 10.2 Å². The Morgan fingerprint density at radius 1 is 1.14 bits per heavy atom. The molecule has 0 fully saturated rings. The van der Waals surface area contributed by atoms with Crippen LogP contribution in [0.2, 0.25) is 0 Å². The lowest BCUT2D eigenvalue weighted by molar-refractivity contribution is 0.102. The predicted octanol–water partition coefficient (Wildman–Crippen LogP) is 4.20. The van der Waals surface area contributed by atoms with Gasteiger partial charge in [-0.3, -0.25) is 10.1 Å². The number of nitrogens with one attached hydrogen (secondary N) is 1. The summed E-state index contributed by atoms with van der Waals surface area (Å²) in [6.07, 6.45) is 0. The Morgan fingerprint density at radius 2 is 1.86 bits per heavy atom. The molecule has 0 saturated heterocycles. The molecule has 0 atom stereocenters. The summed E-state index contributed by atoms with van der Waals surface area (Å²) < 4.78 is 27.8. The molecule has 0 aliphatic rings. The molecule has 8 heteroatoms. The average Bonchev–Trinajstić information content (AvgIpc) is 3.05. The maximum absolute atomic E-state index is 12.7. The van der Waals surface area contributed by atoms with E-state index in [1.807, 2.05) is 19.9 Å². The fraction of sp³-hybridized carbons (Fsp3) is 0.300. The van der Waals surface area contributed by atoms with Gasteiger partial charge in [0.2, 0.25) is 10.0 Å². The van der Waals surface area contributed by atoms with Gasteiger partial charge in [-0.2, -0.15) is 4.31 Å². The minimum absolute atomic E-state index is 0.111. The molecule has 1 N–H and O–H groups in total. The third-order valence-corrected chi connectivity index (χ3v) is 7.45. The Labute approximate surface area is 169 Å². The lowest BCUT2D eigenvalue weighted by Gasteiger charge is -2.18. The number of fused-ring (bicyclic) bond motifs is 1. The number of aryl methyl sites for hydroxylation is 2. The van der Waals surface area contributed by atoms with E-state index in [-0.39, 0.29) is 16.4 Å². The highest BCUT2D eigenvalue weighted by Crippen LogP contribution is 2.29. The summed E-state index contributed by atoms with van der Waals surface area (Å²) in [5.74, 6) is -0.384. The Kier molecular flexibility index (Phi) is 5.83. The zero-order valence-corrected chi connectivity index (χ0v) is 17.9. The van der Waals surface area contributed by atoms with Crippen molar-refractivity contribution in [3.63, 3.8) is 0 Å². The van der Waals surface area contributed by atoms with Gasteiger partial charge in [-0.25, -0.2) is 13.4 Å². The van der Waals surface area contributed by atoms with E-state index in [4.69, 9.17) is 0 Å². The number of carbonyl (C=O) groups is 1. The van der Waals surface area contributed by atoms with Crippen molar-refractivity contribution in [2.24, 2.45) is 0 Å². The molecule has 2 aromatic carbocycles. The van der Waals surface area contributed by atoms with Crippen molar-refractivity contribution in [3.05, 3.63) is 53.1 Å². The number of anilines is 1. The molecule has 28 heavy (non-hydrogen) atoms. The highest BCUT2D eigenvalue weighted by molar-refractivity contribution is 7.89. The molecule has 0 aliphatic heterocycles. The molecule has 0 aliphatic carbocycles. The third kappa shape index (κ3) is 3.94. The number of amides is 1. The van der Waals surface area contributed by atoms with Gasteiger partial charge in [0.1, 0.15) is 0 Å². The SMILES string of the molecule is CCN(CC)S(=O)(=O)c1cccc(C(=O)Nc2nc3c(C)cc(C)cc3s2)c1. The van der Waals surface area contributed by atoms with Gasteiger partial charge in [-0.15, -0.1) is 0 Å². The first-order valence-corrected chi connectivity index (χ1v) is 11.3. The average molecular weight is 418 g/mol. The van der Waals surface area contributed by atoms with E-state index in [1.54, 1.807) is 26.0 Å². The van der Waals surface area contributed by atoms with Crippen molar-refractivity contribution in [1.29, 1.82) is 0 Å². The number of aromatic nitrogens is 1. The van der Waals surface area contributed by atoms with Gasteiger partial charge in [-0.1, -0.05) is 37.3 Å². The summed E-state index contributed by atoms with van der Waals surface area (Å²) in [5.41, 5.74) is 3.34. The first-order chi connectivity index (χ1) is 13.3. The van der Waals surface area contributed by atoms with E-state index >= 15 is 0 Å². The zero-order valence-electron chi connectivity index (χ0n) is 16.3. The maximum Gasteiger partial charge on any atom is 0.257 e. The van der Waals surface area contributed by atoms with Gasteiger partial charge < -0.3 is 0 Å². The smallest absolute Gasteiger partial charge is 0.257 e. The Hall–Kier alpha value is -2.29. The molecule has 1 aromatic heterocycles.